The van der Waals surface area contributed by atoms with Gasteiger partial charge in [-0.05, 0) is 18.9 Å². The zero-order chi connectivity index (χ0) is 21.9. The molecule has 0 amide bonds. The van der Waals surface area contributed by atoms with E-state index in [0.29, 0.717) is 29.0 Å². The fraction of sp³-hybridized carbons (Fsp3) is 0.263. The van der Waals surface area contributed by atoms with Gasteiger partial charge >= 0.3 is 5.97 Å². The third-order valence-electron chi connectivity index (χ3n) is 4.49. The molecule has 3 aromatic rings. The van der Waals surface area contributed by atoms with Gasteiger partial charge in [0.2, 0.25) is 10.0 Å². The summed E-state index contributed by atoms with van der Waals surface area (Å²) in [7, 11) is -1.81. The maximum Gasteiger partial charge on any atom is 0.303 e. The van der Waals surface area contributed by atoms with Gasteiger partial charge in [-0.1, -0.05) is 24.3 Å². The molecule has 0 atom stereocenters. The summed E-state index contributed by atoms with van der Waals surface area (Å²) in [5.74, 6) is -0.500. The Kier molecular flexibility index (Phi) is 6.01. The van der Waals surface area contributed by atoms with Gasteiger partial charge < -0.3 is 15.4 Å². The first-order valence-corrected chi connectivity index (χ1v) is 10.8. The van der Waals surface area contributed by atoms with E-state index in [0.717, 1.165) is 5.56 Å². The van der Waals surface area contributed by atoms with Crippen LogP contribution in [0.3, 0.4) is 0 Å². The number of aromatic nitrogens is 3. The predicted octanol–water partition coefficient (Wildman–Crippen LogP) is 1.92. The number of aliphatic carboxylic acids is 1. The van der Waals surface area contributed by atoms with E-state index >= 15 is 0 Å². The Balaban J connectivity index is 1.79. The number of unbranched alkanes of at least 4 members (excludes halogenated alkanes) is 1. The quantitative estimate of drug-likeness (QED) is 0.229. The smallest absolute Gasteiger partial charge is 0.303 e. The van der Waals surface area contributed by atoms with Crippen LogP contribution < -0.4 is 10.5 Å². The minimum atomic E-state index is -3.62. The van der Waals surface area contributed by atoms with Crippen molar-refractivity contribution in [2.24, 2.45) is 12.8 Å². The average molecular weight is 430 g/mol. The van der Waals surface area contributed by atoms with Crippen molar-refractivity contribution in [2.75, 3.05) is 10.5 Å². The Bertz CT molecular complexity index is 1200. The fourth-order valence-corrected chi connectivity index (χ4v) is 4.14. The van der Waals surface area contributed by atoms with Crippen LogP contribution in [0, 0.1) is 5.41 Å². The van der Waals surface area contributed by atoms with Crippen LogP contribution in [0.4, 0.5) is 5.69 Å². The van der Waals surface area contributed by atoms with Crippen LogP contribution in [0.1, 0.15) is 24.8 Å². The van der Waals surface area contributed by atoms with Gasteiger partial charge in [-0.15, -0.1) is 0 Å². The number of nitrogens with zero attached hydrogens (tertiary/aromatic N) is 3. The summed E-state index contributed by atoms with van der Waals surface area (Å²) in [6, 6.07) is 8.67. The number of carbonyl (C=O) groups is 1. The number of fused-ring (bicyclic) bond motifs is 1. The Morgan fingerprint density at radius 3 is 2.60 bits per heavy atom. The molecule has 0 spiro atoms. The number of hydrogen-bond donors (Lipinski definition) is 4. The normalized spacial score (nSPS) is 11.5. The zero-order valence-electron chi connectivity index (χ0n) is 16.3. The van der Waals surface area contributed by atoms with Crippen molar-refractivity contribution in [3.63, 3.8) is 0 Å². The fourth-order valence-electron chi connectivity index (χ4n) is 2.99. The van der Waals surface area contributed by atoms with Crippen molar-refractivity contribution in [1.29, 1.82) is 5.41 Å². The van der Waals surface area contributed by atoms with Crippen LogP contribution in [0.15, 0.2) is 36.5 Å². The zero-order valence-corrected chi connectivity index (χ0v) is 17.1. The second-order valence-corrected chi connectivity index (χ2v) is 8.67. The number of amidine groups is 1. The number of nitrogens with two attached hydrogens (primary N) is 1. The maximum atomic E-state index is 12.2. The summed E-state index contributed by atoms with van der Waals surface area (Å²) in [5.41, 5.74) is 8.30. The van der Waals surface area contributed by atoms with Gasteiger partial charge in [0.05, 0.1) is 17.6 Å². The molecule has 0 saturated carbocycles. The standard InChI is InChI=1S/C19H22N6O4S/c1-25-18(13-7-5-12(6-8-13)17(20)21)23-15-10-14(11-22-19(15)25)24-30(28,29)9-3-2-4-16(26)27/h5-8,10-11,24H,2-4,9H2,1H3,(H3,20,21)(H,26,27). The summed E-state index contributed by atoms with van der Waals surface area (Å²) in [4.78, 5) is 19.4. The number of pyridine rings is 1. The average Bonchev–Trinajstić information content (AvgIpc) is 3.01. The number of carboxylic acids is 1. The molecule has 0 aliphatic carbocycles. The molecule has 10 nitrogen and oxygen atoms in total. The van der Waals surface area contributed by atoms with Crippen molar-refractivity contribution in [3.05, 3.63) is 42.1 Å². The summed E-state index contributed by atoms with van der Waals surface area (Å²) in [6.07, 6.45) is 1.90. The highest BCUT2D eigenvalue weighted by atomic mass is 32.2. The molecule has 2 aromatic heterocycles. The lowest BCUT2D eigenvalue weighted by Crippen LogP contribution is -2.17. The first-order chi connectivity index (χ1) is 14.2. The van der Waals surface area contributed by atoms with Crippen LogP contribution >= 0.6 is 0 Å². The van der Waals surface area contributed by atoms with Crippen LogP contribution in [-0.4, -0.2) is 45.6 Å². The number of benzene rings is 1. The highest BCUT2D eigenvalue weighted by Gasteiger charge is 2.15. The summed E-state index contributed by atoms with van der Waals surface area (Å²) in [5, 5.41) is 16.1. The number of nitrogens with one attached hydrogen (secondary N) is 2. The molecular formula is C19H22N6O4S. The monoisotopic (exact) mass is 430 g/mol. The molecule has 5 N–H and O–H groups in total. The van der Waals surface area contributed by atoms with Gasteiger partial charge in [0, 0.05) is 24.6 Å². The molecule has 0 bridgehead atoms. The Morgan fingerprint density at radius 2 is 1.97 bits per heavy atom. The largest absolute Gasteiger partial charge is 0.481 e. The molecule has 0 aliphatic rings. The van der Waals surface area contributed by atoms with Crippen LogP contribution in [0.2, 0.25) is 0 Å². The number of rotatable bonds is 9. The number of anilines is 1. The highest BCUT2D eigenvalue weighted by Crippen LogP contribution is 2.25. The molecule has 11 heteroatoms. The first kappa shape index (κ1) is 21.2. The van der Waals surface area contributed by atoms with Gasteiger partial charge in [0.25, 0.3) is 0 Å². The number of aryl methyl sites for hydroxylation is 1. The van der Waals surface area contributed by atoms with Crippen molar-refractivity contribution < 1.29 is 18.3 Å². The van der Waals surface area contributed by atoms with E-state index in [2.05, 4.69) is 14.7 Å². The van der Waals surface area contributed by atoms with Crippen molar-refractivity contribution in [1.82, 2.24) is 14.5 Å². The molecule has 0 fully saturated rings. The molecule has 1 aromatic carbocycles. The lowest BCUT2D eigenvalue weighted by atomic mass is 10.1. The van der Waals surface area contributed by atoms with Crippen molar-refractivity contribution in [2.45, 2.75) is 19.3 Å². The van der Waals surface area contributed by atoms with E-state index in [-0.39, 0.29) is 30.1 Å². The first-order valence-electron chi connectivity index (χ1n) is 9.16. The Hall–Kier alpha value is -3.47. The summed E-state index contributed by atoms with van der Waals surface area (Å²) >= 11 is 0. The van der Waals surface area contributed by atoms with Gasteiger partial charge in [-0.2, -0.15) is 0 Å². The third kappa shape index (κ3) is 4.92. The Labute approximate surface area is 173 Å². The van der Waals surface area contributed by atoms with E-state index in [4.69, 9.17) is 16.2 Å². The molecule has 0 radical (unpaired) electrons. The lowest BCUT2D eigenvalue weighted by molar-refractivity contribution is -0.137. The SMILES string of the molecule is Cn1c(-c2ccc(C(=N)N)cc2)nc2cc(NS(=O)(=O)CCCCC(=O)O)cnc21. The Morgan fingerprint density at radius 1 is 1.27 bits per heavy atom. The van der Waals surface area contributed by atoms with Gasteiger partial charge in [-0.3, -0.25) is 14.9 Å². The topological polar surface area (TPSA) is 164 Å². The molecule has 2 heterocycles. The summed E-state index contributed by atoms with van der Waals surface area (Å²) < 4.78 is 28.7. The lowest BCUT2D eigenvalue weighted by Gasteiger charge is -2.07. The second-order valence-electron chi connectivity index (χ2n) is 6.82. The van der Waals surface area contributed by atoms with Crippen LogP contribution in [-0.2, 0) is 21.9 Å². The van der Waals surface area contributed by atoms with E-state index in [1.165, 1.54) is 6.20 Å². The molecule has 158 valence electrons. The number of hydrogen-bond acceptors (Lipinski definition) is 6. The minimum Gasteiger partial charge on any atom is -0.481 e. The predicted molar refractivity (Wildman–Crippen MR) is 114 cm³/mol. The number of sulfonamides is 1. The van der Waals surface area contributed by atoms with E-state index < -0.39 is 16.0 Å². The van der Waals surface area contributed by atoms with Crippen molar-refractivity contribution in [3.8, 4) is 11.4 Å². The molecule has 0 saturated heterocycles. The minimum absolute atomic E-state index is 0.0203. The maximum absolute atomic E-state index is 12.2. The van der Waals surface area contributed by atoms with Gasteiger partial charge in [0.15, 0.2) is 5.65 Å². The summed E-state index contributed by atoms with van der Waals surface area (Å²) in [6.45, 7) is 0. The molecule has 0 unspecified atom stereocenters. The van der Waals surface area contributed by atoms with Crippen molar-refractivity contribution >= 4 is 38.7 Å². The highest BCUT2D eigenvalue weighted by molar-refractivity contribution is 7.92. The van der Waals surface area contributed by atoms with Gasteiger partial charge in [-0.25, -0.2) is 18.4 Å². The second kappa shape index (κ2) is 8.49. The molecule has 3 rings (SSSR count). The number of carboxylic acid groups (broad SMARTS) is 1. The third-order valence-corrected chi connectivity index (χ3v) is 5.86. The molecule has 0 aliphatic heterocycles. The molecule has 30 heavy (non-hydrogen) atoms. The van der Waals surface area contributed by atoms with Crippen LogP contribution in [0.5, 0.6) is 0 Å². The van der Waals surface area contributed by atoms with E-state index in [9.17, 15) is 13.2 Å². The molecular weight excluding hydrogens is 408 g/mol. The number of imidazole rings is 1. The van der Waals surface area contributed by atoms with E-state index in [1.54, 1.807) is 34.9 Å². The van der Waals surface area contributed by atoms with E-state index in [1.807, 2.05) is 7.05 Å². The van der Waals surface area contributed by atoms with Crippen LogP contribution in [0.25, 0.3) is 22.6 Å². The van der Waals surface area contributed by atoms with Gasteiger partial charge in [0.1, 0.15) is 17.2 Å². The number of nitrogen functional groups attached to an aromatic ring is 1.